The van der Waals surface area contributed by atoms with Crippen molar-refractivity contribution in [2.24, 2.45) is 0 Å². The van der Waals surface area contributed by atoms with Crippen molar-refractivity contribution in [1.82, 2.24) is 9.97 Å². The zero-order valence-corrected chi connectivity index (χ0v) is 11.6. The summed E-state index contributed by atoms with van der Waals surface area (Å²) < 4.78 is 5.42. The second-order valence-electron chi connectivity index (χ2n) is 4.92. The summed E-state index contributed by atoms with van der Waals surface area (Å²) in [5.74, 6) is 0.122. The Morgan fingerprint density at radius 2 is 2.19 bits per heavy atom. The number of fused-ring (bicyclic) bond motifs is 1. The molecule has 21 heavy (non-hydrogen) atoms. The van der Waals surface area contributed by atoms with Gasteiger partial charge >= 0.3 is 0 Å². The molecule has 3 rings (SSSR count). The van der Waals surface area contributed by atoms with E-state index in [9.17, 15) is 15.0 Å². The summed E-state index contributed by atoms with van der Waals surface area (Å²) >= 11 is 5.21. The third kappa shape index (κ3) is 2.12. The van der Waals surface area contributed by atoms with Gasteiger partial charge in [0.05, 0.1) is 17.2 Å². The molecule has 2 aliphatic heterocycles. The molecule has 114 valence electrons. The summed E-state index contributed by atoms with van der Waals surface area (Å²) in [7, 11) is 0. The van der Waals surface area contributed by atoms with Gasteiger partial charge in [-0.25, -0.2) is 0 Å². The minimum Gasteiger partial charge on any atom is -0.394 e. The maximum atomic E-state index is 11.8. The monoisotopic (exact) mass is 314 g/mol. The first-order chi connectivity index (χ1) is 9.93. The van der Waals surface area contributed by atoms with Crippen LogP contribution in [0.15, 0.2) is 4.79 Å². The zero-order valence-electron chi connectivity index (χ0n) is 10.8. The van der Waals surface area contributed by atoms with E-state index in [0.29, 0.717) is 10.6 Å². The van der Waals surface area contributed by atoms with Crippen LogP contribution in [0.3, 0.4) is 0 Å². The number of aliphatic hydroxyl groups excluding tert-OH is 3. The lowest BCUT2D eigenvalue weighted by Gasteiger charge is -2.27. The maximum Gasteiger partial charge on any atom is 0.258 e. The van der Waals surface area contributed by atoms with Gasteiger partial charge in [0.15, 0.2) is 6.23 Å². The number of aromatic nitrogens is 2. The molecule has 0 bridgehead atoms. The van der Waals surface area contributed by atoms with E-state index in [2.05, 4.69) is 9.97 Å². The zero-order chi connectivity index (χ0) is 15.3. The largest absolute Gasteiger partial charge is 0.394 e. The van der Waals surface area contributed by atoms with E-state index < -0.39 is 36.7 Å². The van der Waals surface area contributed by atoms with Crippen LogP contribution in [0.5, 0.6) is 0 Å². The summed E-state index contributed by atoms with van der Waals surface area (Å²) in [6.07, 6.45) is -4.35. The van der Waals surface area contributed by atoms with Gasteiger partial charge in [0.25, 0.3) is 5.56 Å². The van der Waals surface area contributed by atoms with Crippen molar-refractivity contribution in [1.29, 1.82) is 0 Å². The number of anilines is 2. The van der Waals surface area contributed by atoms with Gasteiger partial charge in [-0.05, 0) is 0 Å². The van der Waals surface area contributed by atoms with Crippen LogP contribution in [0.25, 0.3) is 0 Å². The normalized spacial score (nSPS) is 31.8. The highest BCUT2D eigenvalue weighted by Crippen LogP contribution is 2.33. The Morgan fingerprint density at radius 3 is 2.81 bits per heavy atom. The van der Waals surface area contributed by atoms with Crippen LogP contribution in [0, 0.1) is 0 Å². The molecule has 0 radical (unpaired) electrons. The SMILES string of the molecule is Nc1nc2c(c(=O)[nH]1)CC(=S)N2[C@@H]1O[C@H](CO)C(O)[C@@H]1O. The van der Waals surface area contributed by atoms with Crippen LogP contribution in [-0.4, -0.2) is 61.4 Å². The van der Waals surface area contributed by atoms with Gasteiger partial charge in [-0.2, -0.15) is 4.98 Å². The molecule has 6 N–H and O–H groups in total. The molecule has 10 heteroatoms. The molecule has 3 heterocycles. The highest BCUT2D eigenvalue weighted by atomic mass is 32.1. The molecular formula is C11H14N4O5S. The highest BCUT2D eigenvalue weighted by molar-refractivity contribution is 7.80. The molecule has 1 aromatic rings. The molecule has 2 aliphatic rings. The Bertz CT molecular complexity index is 650. The van der Waals surface area contributed by atoms with Gasteiger partial charge in [-0.15, -0.1) is 0 Å². The summed E-state index contributed by atoms with van der Waals surface area (Å²) in [6.45, 7) is -0.451. The standard InChI is InChI=1S/C11H14N4O5S/c12-11-13-8-3(9(19)14-11)1-5(21)15(8)10-7(18)6(17)4(2-16)20-10/h4,6-7,10,16-18H,1-2H2,(H3,12,13,14,19)/t4-,6?,7+,10-/m1/s1. The first-order valence-electron chi connectivity index (χ1n) is 6.27. The number of H-pyrrole nitrogens is 1. The Kier molecular flexibility index (Phi) is 3.42. The third-order valence-electron chi connectivity index (χ3n) is 3.61. The number of thiocarbonyl (C=S) groups is 1. The fraction of sp³-hybridized carbons (Fsp3) is 0.545. The van der Waals surface area contributed by atoms with Gasteiger partial charge in [-0.1, -0.05) is 12.2 Å². The molecule has 1 aromatic heterocycles. The molecule has 9 nitrogen and oxygen atoms in total. The number of nitrogen functional groups attached to an aromatic ring is 1. The van der Waals surface area contributed by atoms with Crippen LogP contribution < -0.4 is 16.2 Å². The maximum absolute atomic E-state index is 11.8. The van der Waals surface area contributed by atoms with Gasteiger partial charge in [0, 0.05) is 6.42 Å². The molecule has 1 unspecified atom stereocenters. The summed E-state index contributed by atoms with van der Waals surface area (Å²) in [4.78, 5) is 19.9. The van der Waals surface area contributed by atoms with Crippen LogP contribution in [0.1, 0.15) is 5.56 Å². The van der Waals surface area contributed by atoms with E-state index in [0.717, 1.165) is 0 Å². The highest BCUT2D eigenvalue weighted by Gasteiger charge is 2.48. The van der Waals surface area contributed by atoms with E-state index in [4.69, 9.17) is 27.8 Å². The number of nitrogens with zero attached hydrogens (tertiary/aromatic N) is 2. The first kappa shape index (κ1) is 14.4. The van der Waals surface area contributed by atoms with E-state index in [1.54, 1.807) is 0 Å². The number of nitrogens with one attached hydrogen (secondary N) is 1. The van der Waals surface area contributed by atoms with Crippen molar-refractivity contribution in [3.05, 3.63) is 15.9 Å². The molecule has 0 aromatic carbocycles. The Morgan fingerprint density at radius 1 is 1.48 bits per heavy atom. The third-order valence-corrected chi connectivity index (χ3v) is 3.95. The predicted molar refractivity (Wildman–Crippen MR) is 75.8 cm³/mol. The predicted octanol–water partition coefficient (Wildman–Crippen LogP) is -2.52. The number of ether oxygens (including phenoxy) is 1. The van der Waals surface area contributed by atoms with Crippen molar-refractivity contribution < 1.29 is 20.1 Å². The second kappa shape index (κ2) is 5.00. The average molecular weight is 314 g/mol. The van der Waals surface area contributed by atoms with Crippen LogP contribution >= 0.6 is 12.2 Å². The molecule has 0 spiro atoms. The van der Waals surface area contributed by atoms with Crippen molar-refractivity contribution in [2.75, 3.05) is 17.2 Å². The molecule has 0 aliphatic carbocycles. The molecule has 4 atom stereocenters. The summed E-state index contributed by atoms with van der Waals surface area (Å²) in [5, 5.41) is 29.0. The molecular weight excluding hydrogens is 300 g/mol. The van der Waals surface area contributed by atoms with Crippen molar-refractivity contribution >= 4 is 29.0 Å². The number of aliphatic hydroxyl groups is 3. The second-order valence-corrected chi connectivity index (χ2v) is 5.39. The molecule has 1 fully saturated rings. The number of rotatable bonds is 2. The fourth-order valence-corrected chi connectivity index (χ4v) is 2.91. The Balaban J connectivity index is 2.02. The first-order valence-corrected chi connectivity index (χ1v) is 6.68. The van der Waals surface area contributed by atoms with E-state index in [1.165, 1.54) is 4.90 Å². The number of nitrogens with two attached hydrogens (primary N) is 1. The summed E-state index contributed by atoms with van der Waals surface area (Å²) in [6, 6.07) is 0. The fourth-order valence-electron chi connectivity index (χ4n) is 2.57. The van der Waals surface area contributed by atoms with Crippen LogP contribution in [0.2, 0.25) is 0 Å². The minimum absolute atomic E-state index is 0.0832. The molecule has 1 saturated heterocycles. The molecule has 0 amide bonds. The number of aromatic amines is 1. The van der Waals surface area contributed by atoms with E-state index >= 15 is 0 Å². The lowest BCUT2D eigenvalue weighted by atomic mass is 10.1. The van der Waals surface area contributed by atoms with Crippen LogP contribution in [0.4, 0.5) is 11.8 Å². The van der Waals surface area contributed by atoms with Crippen molar-refractivity contribution in [2.45, 2.75) is 31.0 Å². The van der Waals surface area contributed by atoms with Crippen molar-refractivity contribution in [3.8, 4) is 0 Å². The Labute approximate surface area is 124 Å². The average Bonchev–Trinajstić information content (AvgIpc) is 2.89. The van der Waals surface area contributed by atoms with Crippen LogP contribution in [-0.2, 0) is 11.2 Å². The molecule has 0 saturated carbocycles. The van der Waals surface area contributed by atoms with E-state index in [-0.39, 0.29) is 18.2 Å². The number of hydrogen-bond donors (Lipinski definition) is 5. The quantitative estimate of drug-likeness (QED) is 0.373. The van der Waals surface area contributed by atoms with Gasteiger partial charge in [0.2, 0.25) is 5.95 Å². The smallest absolute Gasteiger partial charge is 0.258 e. The lowest BCUT2D eigenvalue weighted by Crippen LogP contribution is -2.45. The van der Waals surface area contributed by atoms with Crippen molar-refractivity contribution in [3.63, 3.8) is 0 Å². The van der Waals surface area contributed by atoms with Gasteiger partial charge < -0.3 is 25.8 Å². The summed E-state index contributed by atoms with van der Waals surface area (Å²) in [5.41, 5.74) is 5.44. The van der Waals surface area contributed by atoms with Gasteiger partial charge in [0.1, 0.15) is 24.1 Å². The lowest BCUT2D eigenvalue weighted by molar-refractivity contribution is -0.0191. The topological polar surface area (TPSA) is 145 Å². The Hall–Kier alpha value is -1.59. The minimum atomic E-state index is -1.30. The van der Waals surface area contributed by atoms with Gasteiger partial charge in [-0.3, -0.25) is 14.7 Å². The number of hydrogen-bond acceptors (Lipinski definition) is 8. The van der Waals surface area contributed by atoms with E-state index in [1.807, 2.05) is 0 Å².